The van der Waals surface area contributed by atoms with E-state index in [2.05, 4.69) is 15.9 Å². The maximum atomic E-state index is 13.1. The van der Waals surface area contributed by atoms with Gasteiger partial charge in [-0.05, 0) is 18.2 Å². The predicted octanol–water partition coefficient (Wildman–Crippen LogP) is 1.74. The lowest BCUT2D eigenvalue weighted by Gasteiger charge is -2.36. The SMILES string of the molecule is O=C(O)C1CN(C(=O)c2cc(F)cc(Br)c2)C1. The Morgan fingerprint density at radius 2 is 2.00 bits per heavy atom. The van der Waals surface area contributed by atoms with Crippen molar-refractivity contribution >= 4 is 27.8 Å². The summed E-state index contributed by atoms with van der Waals surface area (Å²) < 4.78 is 13.6. The lowest BCUT2D eigenvalue weighted by Crippen LogP contribution is -2.53. The molecule has 1 aliphatic rings. The first-order valence-electron chi connectivity index (χ1n) is 4.95. The molecule has 0 aromatic heterocycles. The lowest BCUT2D eigenvalue weighted by atomic mass is 9.99. The molecule has 0 radical (unpaired) electrons. The van der Waals surface area contributed by atoms with Crippen molar-refractivity contribution in [3.8, 4) is 0 Å². The van der Waals surface area contributed by atoms with E-state index in [4.69, 9.17) is 5.11 Å². The summed E-state index contributed by atoms with van der Waals surface area (Å²) in [5, 5.41) is 8.69. The summed E-state index contributed by atoms with van der Waals surface area (Å²) in [4.78, 5) is 23.8. The minimum absolute atomic E-state index is 0.183. The Morgan fingerprint density at radius 3 is 2.53 bits per heavy atom. The van der Waals surface area contributed by atoms with Crippen LogP contribution < -0.4 is 0 Å². The topological polar surface area (TPSA) is 57.6 Å². The number of amides is 1. The fraction of sp³-hybridized carbons (Fsp3) is 0.273. The van der Waals surface area contributed by atoms with Crippen LogP contribution in [0.3, 0.4) is 0 Å². The van der Waals surface area contributed by atoms with E-state index in [1.807, 2.05) is 0 Å². The van der Waals surface area contributed by atoms with E-state index in [0.29, 0.717) is 4.47 Å². The Labute approximate surface area is 105 Å². The van der Waals surface area contributed by atoms with Crippen LogP contribution in [0.5, 0.6) is 0 Å². The molecule has 0 aliphatic carbocycles. The van der Waals surface area contributed by atoms with E-state index < -0.39 is 17.7 Å². The van der Waals surface area contributed by atoms with Gasteiger partial charge in [0.2, 0.25) is 0 Å². The number of nitrogens with zero attached hydrogens (tertiary/aromatic N) is 1. The van der Waals surface area contributed by atoms with Crippen LogP contribution in [-0.2, 0) is 4.79 Å². The van der Waals surface area contributed by atoms with Gasteiger partial charge in [-0.3, -0.25) is 9.59 Å². The van der Waals surface area contributed by atoms with Crippen molar-refractivity contribution in [2.45, 2.75) is 0 Å². The van der Waals surface area contributed by atoms with E-state index in [-0.39, 0.29) is 24.6 Å². The third-order valence-electron chi connectivity index (χ3n) is 2.63. The van der Waals surface area contributed by atoms with Crippen molar-refractivity contribution in [2.24, 2.45) is 5.92 Å². The van der Waals surface area contributed by atoms with Gasteiger partial charge in [0.1, 0.15) is 5.82 Å². The summed E-state index contributed by atoms with van der Waals surface area (Å²) in [6.07, 6.45) is 0. The summed E-state index contributed by atoms with van der Waals surface area (Å²) in [7, 11) is 0. The molecule has 1 heterocycles. The van der Waals surface area contributed by atoms with Crippen molar-refractivity contribution in [3.63, 3.8) is 0 Å². The van der Waals surface area contributed by atoms with Crippen molar-refractivity contribution in [3.05, 3.63) is 34.1 Å². The van der Waals surface area contributed by atoms with E-state index in [0.717, 1.165) is 6.07 Å². The quantitative estimate of drug-likeness (QED) is 0.905. The van der Waals surface area contributed by atoms with Crippen LogP contribution in [0.4, 0.5) is 4.39 Å². The highest BCUT2D eigenvalue weighted by Crippen LogP contribution is 2.21. The number of benzene rings is 1. The number of carboxylic acids is 1. The maximum absolute atomic E-state index is 13.1. The first kappa shape index (κ1) is 12.0. The molecule has 0 bridgehead atoms. The van der Waals surface area contributed by atoms with Gasteiger partial charge in [0, 0.05) is 23.1 Å². The summed E-state index contributed by atoms with van der Waals surface area (Å²) in [5.41, 5.74) is 0.223. The zero-order valence-corrected chi connectivity index (χ0v) is 10.3. The normalized spacial score (nSPS) is 15.5. The number of carbonyl (C=O) groups is 2. The number of halogens is 2. The smallest absolute Gasteiger partial charge is 0.310 e. The predicted molar refractivity (Wildman–Crippen MR) is 61.1 cm³/mol. The molecule has 1 aromatic rings. The van der Waals surface area contributed by atoms with Crippen molar-refractivity contribution in [1.82, 2.24) is 4.90 Å². The highest BCUT2D eigenvalue weighted by Gasteiger charge is 2.36. The number of rotatable bonds is 2. The maximum Gasteiger partial charge on any atom is 0.310 e. The second-order valence-electron chi connectivity index (χ2n) is 3.90. The number of hydrogen-bond acceptors (Lipinski definition) is 2. The van der Waals surface area contributed by atoms with Crippen LogP contribution in [0.2, 0.25) is 0 Å². The molecule has 1 aromatic carbocycles. The minimum Gasteiger partial charge on any atom is -0.481 e. The van der Waals surface area contributed by atoms with Gasteiger partial charge in [-0.2, -0.15) is 0 Å². The Hall–Kier alpha value is -1.43. The standard InChI is InChI=1S/C11H9BrFNO3/c12-8-1-6(2-9(13)3-8)10(15)14-4-7(5-14)11(16)17/h1-3,7H,4-5H2,(H,16,17). The Morgan fingerprint density at radius 1 is 1.35 bits per heavy atom. The molecule has 0 spiro atoms. The van der Waals surface area contributed by atoms with Crippen LogP contribution in [-0.4, -0.2) is 35.0 Å². The summed E-state index contributed by atoms with van der Waals surface area (Å²) in [6, 6.07) is 3.91. The molecule has 1 N–H and O–H groups in total. The van der Waals surface area contributed by atoms with Gasteiger partial charge < -0.3 is 10.0 Å². The second kappa shape index (κ2) is 4.44. The van der Waals surface area contributed by atoms with Crippen LogP contribution >= 0.6 is 15.9 Å². The highest BCUT2D eigenvalue weighted by atomic mass is 79.9. The van der Waals surface area contributed by atoms with E-state index in [1.54, 1.807) is 0 Å². The number of likely N-dealkylation sites (tertiary alicyclic amines) is 1. The molecule has 4 nitrogen and oxygen atoms in total. The van der Waals surface area contributed by atoms with Crippen LogP contribution in [0.25, 0.3) is 0 Å². The fourth-order valence-corrected chi connectivity index (χ4v) is 2.13. The Balaban J connectivity index is 2.09. The summed E-state index contributed by atoms with van der Waals surface area (Å²) in [6.45, 7) is 0.366. The zero-order valence-electron chi connectivity index (χ0n) is 8.69. The fourth-order valence-electron chi connectivity index (χ4n) is 1.66. The van der Waals surface area contributed by atoms with Gasteiger partial charge in [0.25, 0.3) is 5.91 Å². The lowest BCUT2D eigenvalue weighted by molar-refractivity contribution is -0.146. The van der Waals surface area contributed by atoms with E-state index in [9.17, 15) is 14.0 Å². The monoisotopic (exact) mass is 301 g/mol. The second-order valence-corrected chi connectivity index (χ2v) is 4.82. The third-order valence-corrected chi connectivity index (χ3v) is 3.09. The average Bonchev–Trinajstić information content (AvgIpc) is 2.12. The molecule has 6 heteroatoms. The summed E-state index contributed by atoms with van der Waals surface area (Å²) >= 11 is 3.10. The molecular weight excluding hydrogens is 293 g/mol. The minimum atomic E-state index is -0.908. The highest BCUT2D eigenvalue weighted by molar-refractivity contribution is 9.10. The third kappa shape index (κ3) is 2.46. The molecule has 0 unspecified atom stereocenters. The van der Waals surface area contributed by atoms with Crippen molar-refractivity contribution in [1.29, 1.82) is 0 Å². The van der Waals surface area contributed by atoms with Crippen LogP contribution in [0.15, 0.2) is 22.7 Å². The average molecular weight is 302 g/mol. The van der Waals surface area contributed by atoms with Gasteiger partial charge in [0.05, 0.1) is 5.92 Å². The Kier molecular flexibility index (Phi) is 3.15. The van der Waals surface area contributed by atoms with Crippen LogP contribution in [0, 0.1) is 11.7 Å². The number of aliphatic carboxylic acids is 1. The first-order valence-corrected chi connectivity index (χ1v) is 5.75. The molecule has 17 heavy (non-hydrogen) atoms. The molecule has 90 valence electrons. The number of carbonyl (C=O) groups excluding carboxylic acids is 1. The van der Waals surface area contributed by atoms with Crippen LogP contribution in [0.1, 0.15) is 10.4 Å². The molecular formula is C11H9BrFNO3. The first-order chi connectivity index (χ1) is 7.97. The number of hydrogen-bond donors (Lipinski definition) is 1. The van der Waals surface area contributed by atoms with Gasteiger partial charge in [-0.25, -0.2) is 4.39 Å². The zero-order chi connectivity index (χ0) is 12.6. The van der Waals surface area contributed by atoms with E-state index >= 15 is 0 Å². The summed E-state index contributed by atoms with van der Waals surface area (Å²) in [5.74, 6) is -2.26. The largest absolute Gasteiger partial charge is 0.481 e. The number of carboxylic acid groups (broad SMARTS) is 1. The van der Waals surface area contributed by atoms with Crippen molar-refractivity contribution in [2.75, 3.05) is 13.1 Å². The van der Waals surface area contributed by atoms with Gasteiger partial charge in [0.15, 0.2) is 0 Å². The van der Waals surface area contributed by atoms with Crippen molar-refractivity contribution < 1.29 is 19.1 Å². The molecule has 1 fully saturated rings. The van der Waals surface area contributed by atoms with Gasteiger partial charge in [-0.1, -0.05) is 15.9 Å². The molecule has 1 saturated heterocycles. The van der Waals surface area contributed by atoms with E-state index in [1.165, 1.54) is 17.0 Å². The molecule has 1 aliphatic heterocycles. The molecule has 0 atom stereocenters. The molecule has 1 amide bonds. The van der Waals surface area contributed by atoms with Gasteiger partial charge >= 0.3 is 5.97 Å². The van der Waals surface area contributed by atoms with Gasteiger partial charge in [-0.15, -0.1) is 0 Å². The Bertz CT molecular complexity index is 465. The molecule has 0 saturated carbocycles. The molecule has 2 rings (SSSR count).